The van der Waals surface area contributed by atoms with Gasteiger partial charge >= 0.3 is 5.97 Å². The van der Waals surface area contributed by atoms with E-state index in [4.69, 9.17) is 5.26 Å². The second kappa shape index (κ2) is 9.49. The molecule has 0 fully saturated rings. The quantitative estimate of drug-likeness (QED) is 0.620. The summed E-state index contributed by atoms with van der Waals surface area (Å²) in [4.78, 5) is 39.4. The second-order valence-electron chi connectivity index (χ2n) is 4.94. The van der Waals surface area contributed by atoms with Crippen LogP contribution in [0.15, 0.2) is 33.8 Å². The van der Waals surface area contributed by atoms with Gasteiger partial charge in [-0.1, -0.05) is 0 Å². The zero-order chi connectivity index (χ0) is 19.0. The van der Waals surface area contributed by atoms with Gasteiger partial charge in [-0.15, -0.1) is 0 Å². The lowest BCUT2D eigenvalue weighted by atomic mass is 10.1. The number of Topliss-reactive ketones (excluding diaryl/α,β-unsaturated/α-hetero) is 1. The SMILES string of the molecule is COC(=O)c1c[nH]c(=O)c(Br)c1.Cc1cc(C(=O)CC#N)cnc1C. The molecule has 0 saturated heterocycles. The summed E-state index contributed by atoms with van der Waals surface area (Å²) in [6, 6.07) is 5.00. The molecule has 0 atom stereocenters. The highest BCUT2D eigenvalue weighted by Gasteiger charge is 2.07. The van der Waals surface area contributed by atoms with Crippen LogP contribution in [0.4, 0.5) is 0 Å². The largest absolute Gasteiger partial charge is 0.465 e. The fourth-order valence-corrected chi connectivity index (χ4v) is 2.02. The minimum atomic E-state index is -0.480. The summed E-state index contributed by atoms with van der Waals surface area (Å²) in [5.41, 5.74) is 2.44. The van der Waals surface area contributed by atoms with E-state index in [0.717, 1.165) is 11.3 Å². The number of nitrogens with one attached hydrogen (secondary N) is 1. The number of rotatable bonds is 3. The molecule has 2 aromatic heterocycles. The Balaban J connectivity index is 0.000000251. The van der Waals surface area contributed by atoms with Crippen molar-refractivity contribution in [3.05, 3.63) is 61.7 Å². The second-order valence-corrected chi connectivity index (χ2v) is 5.80. The Kier molecular flexibility index (Phi) is 7.69. The zero-order valence-corrected chi connectivity index (χ0v) is 15.5. The Hall–Kier alpha value is -2.79. The molecule has 2 rings (SSSR count). The van der Waals surface area contributed by atoms with Crippen molar-refractivity contribution in [2.75, 3.05) is 7.11 Å². The molecule has 0 bridgehead atoms. The molecule has 0 aromatic carbocycles. The van der Waals surface area contributed by atoms with E-state index in [9.17, 15) is 14.4 Å². The van der Waals surface area contributed by atoms with E-state index in [2.05, 4.69) is 30.6 Å². The summed E-state index contributed by atoms with van der Waals surface area (Å²) in [5.74, 6) is -0.648. The molecule has 0 aliphatic heterocycles. The number of carbonyl (C=O) groups excluding carboxylic acids is 2. The van der Waals surface area contributed by atoms with E-state index in [1.165, 1.54) is 25.6 Å². The van der Waals surface area contributed by atoms with E-state index in [1.807, 2.05) is 19.9 Å². The number of ether oxygens (including phenoxy) is 1. The van der Waals surface area contributed by atoms with Crippen LogP contribution in [-0.4, -0.2) is 28.8 Å². The van der Waals surface area contributed by atoms with Crippen molar-refractivity contribution in [2.24, 2.45) is 0 Å². The van der Waals surface area contributed by atoms with Crippen molar-refractivity contribution in [1.82, 2.24) is 9.97 Å². The van der Waals surface area contributed by atoms with Gasteiger partial charge in [0.1, 0.15) is 0 Å². The lowest BCUT2D eigenvalue weighted by molar-refractivity contribution is 0.0600. The minimum absolute atomic E-state index is 0.0792. The van der Waals surface area contributed by atoms with Crippen molar-refractivity contribution in [3.8, 4) is 6.07 Å². The van der Waals surface area contributed by atoms with Gasteiger partial charge in [-0.25, -0.2) is 4.79 Å². The number of hydrogen-bond donors (Lipinski definition) is 1. The van der Waals surface area contributed by atoms with Crippen LogP contribution in [0.25, 0.3) is 0 Å². The first-order valence-electron chi connectivity index (χ1n) is 7.10. The predicted molar refractivity (Wildman–Crippen MR) is 94.4 cm³/mol. The topological polar surface area (TPSA) is 113 Å². The molecule has 25 heavy (non-hydrogen) atoms. The van der Waals surface area contributed by atoms with Gasteiger partial charge in [0.05, 0.1) is 29.6 Å². The molecule has 130 valence electrons. The lowest BCUT2D eigenvalue weighted by Gasteiger charge is -2.00. The summed E-state index contributed by atoms with van der Waals surface area (Å²) in [6.45, 7) is 3.78. The van der Waals surface area contributed by atoms with Crippen molar-refractivity contribution in [2.45, 2.75) is 20.3 Å². The number of hydrogen-bond acceptors (Lipinski definition) is 6. The molecule has 0 saturated carbocycles. The molecule has 8 heteroatoms. The first kappa shape index (κ1) is 20.3. The Morgan fingerprint density at radius 1 is 1.32 bits per heavy atom. The number of halogens is 1. The Bertz CT molecular complexity index is 884. The fraction of sp³-hybridized carbons (Fsp3) is 0.235. The summed E-state index contributed by atoms with van der Waals surface area (Å²) < 4.78 is 4.76. The van der Waals surface area contributed by atoms with Gasteiger partial charge < -0.3 is 9.72 Å². The van der Waals surface area contributed by atoms with Crippen molar-refractivity contribution in [3.63, 3.8) is 0 Å². The van der Waals surface area contributed by atoms with Crippen LogP contribution in [-0.2, 0) is 4.74 Å². The van der Waals surface area contributed by atoms with Gasteiger partial charge in [-0.2, -0.15) is 5.26 Å². The number of esters is 1. The molecule has 0 aliphatic rings. The number of nitrogens with zero attached hydrogens (tertiary/aromatic N) is 2. The van der Waals surface area contributed by atoms with Crippen LogP contribution in [0.3, 0.4) is 0 Å². The molecule has 2 aromatic rings. The fourth-order valence-electron chi connectivity index (χ4n) is 1.66. The van der Waals surface area contributed by atoms with Crippen molar-refractivity contribution in [1.29, 1.82) is 5.26 Å². The monoisotopic (exact) mass is 405 g/mol. The summed E-state index contributed by atoms with van der Waals surface area (Å²) >= 11 is 2.99. The van der Waals surface area contributed by atoms with Crippen LogP contribution >= 0.6 is 15.9 Å². The van der Waals surface area contributed by atoms with Crippen molar-refractivity contribution >= 4 is 27.7 Å². The molecular weight excluding hydrogens is 390 g/mol. The standard InChI is InChI=1S/C10H10N2O.C7H6BrNO3/c1-7-5-9(6-12-8(7)2)10(13)3-4-11;1-12-7(11)4-2-5(8)6(10)9-3-4/h5-6H,3H2,1-2H3;2-3H,1H3,(H,9,10). The van der Waals surface area contributed by atoms with E-state index in [-0.39, 0.29) is 17.8 Å². The molecule has 0 radical (unpaired) electrons. The molecule has 0 aliphatic carbocycles. The zero-order valence-electron chi connectivity index (χ0n) is 13.9. The molecule has 2 heterocycles. The Morgan fingerprint density at radius 2 is 2.00 bits per heavy atom. The van der Waals surface area contributed by atoms with Crippen LogP contribution in [0.5, 0.6) is 0 Å². The number of aryl methyl sites for hydroxylation is 2. The summed E-state index contributed by atoms with van der Waals surface area (Å²) in [5, 5.41) is 8.33. The maximum absolute atomic E-state index is 11.2. The molecule has 0 unspecified atom stereocenters. The number of H-pyrrole nitrogens is 1. The molecule has 0 spiro atoms. The Morgan fingerprint density at radius 3 is 2.52 bits per heavy atom. The lowest BCUT2D eigenvalue weighted by Crippen LogP contribution is -2.10. The number of carbonyl (C=O) groups is 2. The third-order valence-corrected chi connectivity index (χ3v) is 3.77. The highest BCUT2D eigenvalue weighted by Crippen LogP contribution is 2.08. The minimum Gasteiger partial charge on any atom is -0.465 e. The molecule has 1 N–H and O–H groups in total. The summed E-state index contributed by atoms with van der Waals surface area (Å²) in [6.07, 6.45) is 2.74. The van der Waals surface area contributed by atoms with E-state index in [0.29, 0.717) is 15.6 Å². The number of aromatic amines is 1. The van der Waals surface area contributed by atoms with Crippen LogP contribution < -0.4 is 5.56 Å². The van der Waals surface area contributed by atoms with E-state index >= 15 is 0 Å². The maximum atomic E-state index is 11.2. The van der Waals surface area contributed by atoms with Crippen LogP contribution in [0, 0.1) is 25.2 Å². The predicted octanol–water partition coefficient (Wildman–Crippen LogP) is 2.72. The van der Waals surface area contributed by atoms with Crippen LogP contribution in [0.2, 0.25) is 0 Å². The van der Waals surface area contributed by atoms with Gasteiger partial charge in [0.15, 0.2) is 5.78 Å². The molecular formula is C17H16BrN3O4. The van der Waals surface area contributed by atoms with E-state index < -0.39 is 5.97 Å². The van der Waals surface area contributed by atoms with Gasteiger partial charge in [0.25, 0.3) is 5.56 Å². The molecule has 7 nitrogen and oxygen atoms in total. The normalized spacial score (nSPS) is 9.40. The number of aromatic nitrogens is 2. The average molecular weight is 406 g/mol. The number of nitriles is 1. The van der Waals surface area contributed by atoms with Gasteiger partial charge in [-0.3, -0.25) is 14.6 Å². The number of methoxy groups -OCH3 is 1. The first-order valence-corrected chi connectivity index (χ1v) is 7.89. The third kappa shape index (κ3) is 5.97. The molecule has 0 amide bonds. The highest BCUT2D eigenvalue weighted by molar-refractivity contribution is 9.10. The number of pyridine rings is 2. The third-order valence-electron chi connectivity index (χ3n) is 3.18. The smallest absolute Gasteiger partial charge is 0.339 e. The van der Waals surface area contributed by atoms with E-state index in [1.54, 1.807) is 6.07 Å². The van der Waals surface area contributed by atoms with Gasteiger partial charge in [-0.05, 0) is 47.5 Å². The first-order chi connectivity index (χ1) is 11.8. The van der Waals surface area contributed by atoms with Gasteiger partial charge in [0, 0.05) is 23.7 Å². The Labute approximate surface area is 152 Å². The number of ketones is 1. The maximum Gasteiger partial charge on any atom is 0.339 e. The average Bonchev–Trinajstić information content (AvgIpc) is 2.59. The van der Waals surface area contributed by atoms with Crippen LogP contribution in [0.1, 0.15) is 38.4 Å². The van der Waals surface area contributed by atoms with Gasteiger partial charge in [0.2, 0.25) is 0 Å². The summed E-state index contributed by atoms with van der Waals surface area (Å²) in [7, 11) is 1.28. The highest BCUT2D eigenvalue weighted by atomic mass is 79.9. The van der Waals surface area contributed by atoms with Crippen molar-refractivity contribution < 1.29 is 14.3 Å².